The maximum Gasteiger partial charge on any atom is 0.252 e. The highest BCUT2D eigenvalue weighted by molar-refractivity contribution is 5.98. The normalized spacial score (nSPS) is 12.1. The fourth-order valence-corrected chi connectivity index (χ4v) is 1.53. The van der Waals surface area contributed by atoms with Gasteiger partial charge >= 0.3 is 0 Å². The standard InChI is InChI=1S/C11H18N4O3/c1-18-6-8(2-3-16)15-11-9(10(13)17)4-7(12)5-14-11/h4-5,8,16H,2-3,6,12H2,1H3,(H2,13,17)(H,14,15). The minimum atomic E-state index is -0.613. The molecule has 0 saturated carbocycles. The maximum atomic E-state index is 11.3. The van der Waals surface area contributed by atoms with Crippen LogP contribution in [-0.4, -0.2) is 42.4 Å². The van der Waals surface area contributed by atoms with E-state index in [9.17, 15) is 4.79 Å². The van der Waals surface area contributed by atoms with E-state index in [4.69, 9.17) is 21.3 Å². The van der Waals surface area contributed by atoms with E-state index >= 15 is 0 Å². The molecule has 1 heterocycles. The van der Waals surface area contributed by atoms with Crippen molar-refractivity contribution in [1.29, 1.82) is 0 Å². The Morgan fingerprint density at radius 1 is 1.67 bits per heavy atom. The molecule has 6 N–H and O–H groups in total. The second-order valence-electron chi connectivity index (χ2n) is 3.84. The number of carbonyl (C=O) groups excluding carboxylic acids is 1. The van der Waals surface area contributed by atoms with Crippen LogP contribution in [0.3, 0.4) is 0 Å². The number of carbonyl (C=O) groups is 1. The number of anilines is 2. The van der Waals surface area contributed by atoms with E-state index in [0.29, 0.717) is 24.5 Å². The first-order valence-corrected chi connectivity index (χ1v) is 5.50. The molecule has 0 bridgehead atoms. The summed E-state index contributed by atoms with van der Waals surface area (Å²) >= 11 is 0. The average molecular weight is 254 g/mol. The van der Waals surface area contributed by atoms with Gasteiger partial charge in [0.05, 0.1) is 30.1 Å². The van der Waals surface area contributed by atoms with Gasteiger partial charge in [0.2, 0.25) is 0 Å². The zero-order chi connectivity index (χ0) is 13.5. The molecule has 0 fully saturated rings. The van der Waals surface area contributed by atoms with Crippen LogP contribution in [-0.2, 0) is 4.74 Å². The van der Waals surface area contributed by atoms with Crippen molar-refractivity contribution < 1.29 is 14.6 Å². The number of nitrogen functional groups attached to an aromatic ring is 1. The number of hydrogen-bond acceptors (Lipinski definition) is 6. The number of rotatable bonds is 7. The molecule has 0 aliphatic heterocycles. The number of ether oxygens (including phenoxy) is 1. The lowest BCUT2D eigenvalue weighted by Gasteiger charge is -2.18. The van der Waals surface area contributed by atoms with E-state index in [1.807, 2.05) is 0 Å². The lowest BCUT2D eigenvalue weighted by molar-refractivity contribution is 0.100. The molecule has 1 aromatic heterocycles. The van der Waals surface area contributed by atoms with Crippen molar-refractivity contribution >= 4 is 17.4 Å². The van der Waals surface area contributed by atoms with Gasteiger partial charge in [-0.1, -0.05) is 0 Å². The summed E-state index contributed by atoms with van der Waals surface area (Å²) in [5.41, 5.74) is 11.4. The molecule has 7 nitrogen and oxygen atoms in total. The number of nitrogens with zero attached hydrogens (tertiary/aromatic N) is 1. The van der Waals surface area contributed by atoms with Gasteiger partial charge in [-0.2, -0.15) is 0 Å². The highest BCUT2D eigenvalue weighted by Crippen LogP contribution is 2.16. The Morgan fingerprint density at radius 2 is 2.39 bits per heavy atom. The van der Waals surface area contributed by atoms with Crippen LogP contribution in [0.2, 0.25) is 0 Å². The van der Waals surface area contributed by atoms with Crippen molar-refractivity contribution in [2.24, 2.45) is 5.73 Å². The molecule has 1 unspecified atom stereocenters. The molecule has 0 spiro atoms. The summed E-state index contributed by atoms with van der Waals surface area (Å²) in [6.07, 6.45) is 1.90. The number of amides is 1. The van der Waals surface area contributed by atoms with Crippen LogP contribution in [0.1, 0.15) is 16.8 Å². The molecule has 18 heavy (non-hydrogen) atoms. The molecule has 0 aliphatic carbocycles. The van der Waals surface area contributed by atoms with Crippen LogP contribution in [0, 0.1) is 0 Å². The average Bonchev–Trinajstić information content (AvgIpc) is 2.32. The van der Waals surface area contributed by atoms with Gasteiger partial charge in [-0.3, -0.25) is 4.79 Å². The van der Waals surface area contributed by atoms with Gasteiger partial charge in [-0.15, -0.1) is 0 Å². The number of primary amides is 1. The Hall–Kier alpha value is -1.86. The molecule has 1 amide bonds. The van der Waals surface area contributed by atoms with Crippen LogP contribution in [0.5, 0.6) is 0 Å². The summed E-state index contributed by atoms with van der Waals surface area (Å²) in [6.45, 7) is 0.382. The number of methoxy groups -OCH3 is 1. The Balaban J connectivity index is 2.90. The molecule has 0 saturated heterocycles. The monoisotopic (exact) mass is 254 g/mol. The third-order valence-electron chi connectivity index (χ3n) is 2.36. The molecule has 0 radical (unpaired) electrons. The van der Waals surface area contributed by atoms with E-state index < -0.39 is 5.91 Å². The largest absolute Gasteiger partial charge is 0.397 e. The van der Waals surface area contributed by atoms with Crippen LogP contribution >= 0.6 is 0 Å². The van der Waals surface area contributed by atoms with Crippen molar-refractivity contribution in [3.8, 4) is 0 Å². The highest BCUT2D eigenvalue weighted by Gasteiger charge is 2.14. The predicted octanol–water partition coefficient (Wildman–Crippen LogP) is -0.428. The number of aliphatic hydroxyl groups excluding tert-OH is 1. The first kappa shape index (κ1) is 14.2. The van der Waals surface area contributed by atoms with Crippen molar-refractivity contribution in [2.75, 3.05) is 31.4 Å². The zero-order valence-corrected chi connectivity index (χ0v) is 10.2. The van der Waals surface area contributed by atoms with Gasteiger partial charge in [0.15, 0.2) is 0 Å². The minimum Gasteiger partial charge on any atom is -0.397 e. The molecular weight excluding hydrogens is 236 g/mol. The fourth-order valence-electron chi connectivity index (χ4n) is 1.53. The second kappa shape index (κ2) is 6.77. The van der Waals surface area contributed by atoms with Gasteiger partial charge in [0.25, 0.3) is 5.91 Å². The summed E-state index contributed by atoms with van der Waals surface area (Å²) in [4.78, 5) is 15.3. The van der Waals surface area contributed by atoms with Gasteiger partial charge < -0.3 is 26.6 Å². The van der Waals surface area contributed by atoms with E-state index in [-0.39, 0.29) is 18.2 Å². The Kier molecular flexibility index (Phi) is 5.34. The predicted molar refractivity (Wildman–Crippen MR) is 68.2 cm³/mol. The van der Waals surface area contributed by atoms with E-state index in [2.05, 4.69) is 10.3 Å². The number of nitrogens with two attached hydrogens (primary N) is 2. The number of aliphatic hydroxyl groups is 1. The third kappa shape index (κ3) is 3.86. The van der Waals surface area contributed by atoms with Gasteiger partial charge in [-0.05, 0) is 12.5 Å². The Bertz CT molecular complexity index is 405. The smallest absolute Gasteiger partial charge is 0.252 e. The minimum absolute atomic E-state index is 0.00189. The van der Waals surface area contributed by atoms with Gasteiger partial charge in [0, 0.05) is 13.7 Å². The molecule has 7 heteroatoms. The summed E-state index contributed by atoms with van der Waals surface area (Å²) in [5, 5.41) is 11.9. The van der Waals surface area contributed by atoms with Crippen molar-refractivity contribution in [3.05, 3.63) is 17.8 Å². The summed E-state index contributed by atoms with van der Waals surface area (Å²) < 4.78 is 5.01. The zero-order valence-electron chi connectivity index (χ0n) is 10.2. The molecular formula is C11H18N4O3. The lowest BCUT2D eigenvalue weighted by atomic mass is 10.2. The van der Waals surface area contributed by atoms with E-state index in [0.717, 1.165) is 0 Å². The maximum absolute atomic E-state index is 11.3. The summed E-state index contributed by atoms with van der Waals surface area (Å²) in [7, 11) is 1.55. The van der Waals surface area contributed by atoms with E-state index in [1.54, 1.807) is 7.11 Å². The molecule has 1 atom stereocenters. The Labute approximate surface area is 105 Å². The molecule has 0 aliphatic rings. The molecule has 1 aromatic rings. The van der Waals surface area contributed by atoms with Crippen LogP contribution in [0.25, 0.3) is 0 Å². The quantitative estimate of drug-likeness (QED) is 0.523. The van der Waals surface area contributed by atoms with Crippen LogP contribution in [0.15, 0.2) is 12.3 Å². The number of aromatic nitrogens is 1. The highest BCUT2D eigenvalue weighted by atomic mass is 16.5. The fraction of sp³-hybridized carbons (Fsp3) is 0.455. The number of nitrogens with one attached hydrogen (secondary N) is 1. The van der Waals surface area contributed by atoms with Gasteiger partial charge in [-0.25, -0.2) is 4.98 Å². The first-order chi connectivity index (χ1) is 8.58. The van der Waals surface area contributed by atoms with Crippen molar-refractivity contribution in [2.45, 2.75) is 12.5 Å². The second-order valence-corrected chi connectivity index (χ2v) is 3.84. The molecule has 1 rings (SSSR count). The first-order valence-electron chi connectivity index (χ1n) is 5.50. The lowest BCUT2D eigenvalue weighted by Crippen LogP contribution is -2.28. The van der Waals surface area contributed by atoms with E-state index in [1.165, 1.54) is 12.3 Å². The topological polar surface area (TPSA) is 123 Å². The summed E-state index contributed by atoms with van der Waals surface area (Å²) in [5.74, 6) is -0.273. The van der Waals surface area contributed by atoms with Crippen molar-refractivity contribution in [1.82, 2.24) is 4.98 Å². The molecule has 100 valence electrons. The SMILES string of the molecule is COCC(CCO)Nc1ncc(N)cc1C(N)=O. The summed E-state index contributed by atoms with van der Waals surface area (Å²) in [6, 6.07) is 1.30. The number of hydrogen-bond donors (Lipinski definition) is 4. The molecule has 0 aromatic carbocycles. The number of pyridine rings is 1. The van der Waals surface area contributed by atoms with Gasteiger partial charge in [0.1, 0.15) is 5.82 Å². The Morgan fingerprint density at radius 3 is 2.94 bits per heavy atom. The van der Waals surface area contributed by atoms with Crippen LogP contribution in [0.4, 0.5) is 11.5 Å². The third-order valence-corrected chi connectivity index (χ3v) is 2.36. The van der Waals surface area contributed by atoms with Crippen molar-refractivity contribution in [3.63, 3.8) is 0 Å². The van der Waals surface area contributed by atoms with Crippen LogP contribution < -0.4 is 16.8 Å².